The first-order valence-corrected chi connectivity index (χ1v) is 6.51. The first-order chi connectivity index (χ1) is 9.54. The van der Waals surface area contributed by atoms with Crippen LogP contribution in [0.5, 0.6) is 0 Å². The first kappa shape index (κ1) is 14.2. The van der Waals surface area contributed by atoms with Gasteiger partial charge < -0.3 is 10.0 Å². The highest BCUT2D eigenvalue weighted by atomic mass is 16.6. The largest absolute Gasteiger partial charge is 0.391 e. The normalized spacial score (nSPS) is 22.1. The third kappa shape index (κ3) is 2.70. The summed E-state index contributed by atoms with van der Waals surface area (Å²) in [5.74, 6) is 0.470. The number of anilines is 1. The van der Waals surface area contributed by atoms with Gasteiger partial charge in [0, 0.05) is 13.1 Å². The molecule has 1 aliphatic rings. The molecule has 1 fully saturated rings. The number of hydrogen-bond acceptors (Lipinski definition) is 6. The SMILES string of the molecule is CN(c1ccc([N+](=O)[O-])c(C#N)n1)C1CCCCC1O. The second-order valence-corrected chi connectivity index (χ2v) is 4.94. The Hall–Kier alpha value is -2.20. The molecule has 20 heavy (non-hydrogen) atoms. The van der Waals surface area contributed by atoms with E-state index in [1.165, 1.54) is 12.1 Å². The number of hydrogen-bond donors (Lipinski definition) is 1. The van der Waals surface area contributed by atoms with Gasteiger partial charge in [0.25, 0.3) is 0 Å². The van der Waals surface area contributed by atoms with Crippen LogP contribution in [0.2, 0.25) is 0 Å². The molecule has 0 aliphatic heterocycles. The average Bonchev–Trinajstić information content (AvgIpc) is 2.46. The van der Waals surface area contributed by atoms with Crippen molar-refractivity contribution >= 4 is 11.5 Å². The monoisotopic (exact) mass is 276 g/mol. The molecule has 0 bridgehead atoms. The van der Waals surface area contributed by atoms with E-state index in [0.717, 1.165) is 25.7 Å². The molecule has 7 nitrogen and oxygen atoms in total. The highest BCUT2D eigenvalue weighted by Gasteiger charge is 2.28. The molecule has 1 N–H and O–H groups in total. The molecule has 1 aromatic rings. The Bertz CT molecular complexity index is 555. The van der Waals surface area contributed by atoms with Crippen molar-refractivity contribution in [1.82, 2.24) is 4.98 Å². The lowest BCUT2D eigenvalue weighted by atomic mass is 9.91. The molecular weight excluding hydrogens is 260 g/mol. The van der Waals surface area contributed by atoms with Crippen molar-refractivity contribution in [3.8, 4) is 6.07 Å². The molecule has 0 amide bonds. The fourth-order valence-corrected chi connectivity index (χ4v) is 2.58. The molecule has 0 saturated heterocycles. The van der Waals surface area contributed by atoms with E-state index in [-0.39, 0.29) is 17.4 Å². The fraction of sp³-hybridized carbons (Fsp3) is 0.538. The Morgan fingerprint density at radius 1 is 1.50 bits per heavy atom. The van der Waals surface area contributed by atoms with E-state index in [0.29, 0.717) is 5.82 Å². The van der Waals surface area contributed by atoms with Gasteiger partial charge in [0.15, 0.2) is 0 Å². The Kier molecular flexibility index (Phi) is 4.15. The molecule has 2 rings (SSSR count). The summed E-state index contributed by atoms with van der Waals surface area (Å²) in [6.07, 6.45) is 3.19. The third-order valence-electron chi connectivity index (χ3n) is 3.71. The molecule has 1 heterocycles. The van der Waals surface area contributed by atoms with E-state index in [2.05, 4.69) is 4.98 Å². The molecule has 106 valence electrons. The van der Waals surface area contributed by atoms with Gasteiger partial charge in [0.05, 0.1) is 17.1 Å². The summed E-state index contributed by atoms with van der Waals surface area (Å²) in [5.41, 5.74) is -0.501. The van der Waals surface area contributed by atoms with Gasteiger partial charge in [-0.3, -0.25) is 10.1 Å². The van der Waals surface area contributed by atoms with Crippen molar-refractivity contribution in [2.75, 3.05) is 11.9 Å². The number of rotatable bonds is 3. The van der Waals surface area contributed by atoms with Crippen LogP contribution in [-0.2, 0) is 0 Å². The van der Waals surface area contributed by atoms with Crippen LogP contribution >= 0.6 is 0 Å². The molecule has 2 atom stereocenters. The molecule has 0 spiro atoms. The van der Waals surface area contributed by atoms with Crippen molar-refractivity contribution in [2.24, 2.45) is 0 Å². The van der Waals surface area contributed by atoms with Gasteiger partial charge in [-0.15, -0.1) is 0 Å². The quantitative estimate of drug-likeness (QED) is 0.664. The summed E-state index contributed by atoms with van der Waals surface area (Å²) < 4.78 is 0. The standard InChI is InChI=1S/C13H16N4O3/c1-16(11-4-2-3-5-12(11)18)13-7-6-10(17(19)20)9(8-14)15-13/h6-7,11-12,18H,2-5H2,1H3. The van der Waals surface area contributed by atoms with Crippen LogP contribution in [0.15, 0.2) is 12.1 Å². The summed E-state index contributed by atoms with van der Waals surface area (Å²) in [5, 5.41) is 29.8. The maximum Gasteiger partial charge on any atom is 0.305 e. The molecule has 1 saturated carbocycles. The van der Waals surface area contributed by atoms with Crippen molar-refractivity contribution in [3.63, 3.8) is 0 Å². The van der Waals surface area contributed by atoms with E-state index in [4.69, 9.17) is 5.26 Å². The summed E-state index contributed by atoms with van der Waals surface area (Å²) >= 11 is 0. The maximum atomic E-state index is 10.8. The second kappa shape index (κ2) is 5.84. The zero-order chi connectivity index (χ0) is 14.7. The van der Waals surface area contributed by atoms with Crippen LogP contribution in [0.1, 0.15) is 31.4 Å². The molecular formula is C13H16N4O3. The van der Waals surface area contributed by atoms with E-state index < -0.39 is 11.0 Å². The summed E-state index contributed by atoms with van der Waals surface area (Å²) in [7, 11) is 1.79. The van der Waals surface area contributed by atoms with Crippen LogP contribution in [0, 0.1) is 21.4 Å². The zero-order valence-electron chi connectivity index (χ0n) is 11.2. The summed E-state index contributed by atoms with van der Waals surface area (Å²) in [6.45, 7) is 0. The Balaban J connectivity index is 2.28. The second-order valence-electron chi connectivity index (χ2n) is 4.94. The van der Waals surface area contributed by atoms with Gasteiger partial charge in [-0.1, -0.05) is 12.8 Å². The van der Waals surface area contributed by atoms with E-state index >= 15 is 0 Å². The van der Waals surface area contributed by atoms with Gasteiger partial charge in [0.1, 0.15) is 11.9 Å². The Morgan fingerprint density at radius 3 is 2.80 bits per heavy atom. The number of aliphatic hydroxyl groups is 1. The van der Waals surface area contributed by atoms with Crippen LogP contribution in [-0.4, -0.2) is 34.2 Å². The van der Waals surface area contributed by atoms with Crippen LogP contribution < -0.4 is 4.90 Å². The van der Waals surface area contributed by atoms with Gasteiger partial charge in [-0.25, -0.2) is 4.98 Å². The smallest absolute Gasteiger partial charge is 0.305 e. The lowest BCUT2D eigenvalue weighted by Crippen LogP contribution is -2.43. The average molecular weight is 276 g/mol. The van der Waals surface area contributed by atoms with Gasteiger partial charge in [-0.05, 0) is 18.9 Å². The van der Waals surface area contributed by atoms with E-state index in [9.17, 15) is 15.2 Å². The van der Waals surface area contributed by atoms with Gasteiger partial charge >= 0.3 is 5.69 Å². The van der Waals surface area contributed by atoms with Crippen molar-refractivity contribution < 1.29 is 10.0 Å². The molecule has 2 unspecified atom stereocenters. The van der Waals surface area contributed by atoms with Crippen LogP contribution in [0.4, 0.5) is 11.5 Å². The Morgan fingerprint density at radius 2 is 2.20 bits per heavy atom. The third-order valence-corrected chi connectivity index (χ3v) is 3.71. The van der Waals surface area contributed by atoms with Crippen molar-refractivity contribution in [2.45, 2.75) is 37.8 Å². The number of pyridine rings is 1. The molecule has 1 aromatic heterocycles. The summed E-state index contributed by atoms with van der Waals surface area (Å²) in [6, 6.07) is 4.48. The minimum atomic E-state index is -0.620. The summed E-state index contributed by atoms with van der Waals surface area (Å²) in [4.78, 5) is 16.0. The molecule has 7 heteroatoms. The first-order valence-electron chi connectivity index (χ1n) is 6.51. The van der Waals surface area contributed by atoms with Crippen molar-refractivity contribution in [1.29, 1.82) is 5.26 Å². The maximum absolute atomic E-state index is 10.8. The van der Waals surface area contributed by atoms with Crippen molar-refractivity contribution in [3.05, 3.63) is 27.9 Å². The predicted molar refractivity (Wildman–Crippen MR) is 72.3 cm³/mol. The topological polar surface area (TPSA) is 103 Å². The Labute approximate surface area is 116 Å². The fourth-order valence-electron chi connectivity index (χ4n) is 2.58. The van der Waals surface area contributed by atoms with E-state index in [1.54, 1.807) is 18.0 Å². The van der Waals surface area contributed by atoms with Gasteiger partial charge in [-0.2, -0.15) is 5.26 Å². The minimum Gasteiger partial charge on any atom is -0.391 e. The van der Waals surface area contributed by atoms with Crippen LogP contribution in [0.25, 0.3) is 0 Å². The lowest BCUT2D eigenvalue weighted by molar-refractivity contribution is -0.385. The lowest BCUT2D eigenvalue weighted by Gasteiger charge is -2.35. The molecule has 0 radical (unpaired) electrons. The highest BCUT2D eigenvalue weighted by molar-refractivity contribution is 5.51. The number of likely N-dealkylation sites (N-methyl/N-ethyl adjacent to an activating group) is 1. The number of aliphatic hydroxyl groups excluding tert-OH is 1. The van der Waals surface area contributed by atoms with E-state index in [1.807, 2.05) is 0 Å². The number of nitrogens with zero attached hydrogens (tertiary/aromatic N) is 4. The number of aromatic nitrogens is 1. The minimum absolute atomic E-state index is 0.0655. The predicted octanol–water partition coefficient (Wildman–Crippen LogP) is 1.60. The van der Waals surface area contributed by atoms with Gasteiger partial charge in [0.2, 0.25) is 5.69 Å². The number of nitriles is 1. The van der Waals surface area contributed by atoms with Crippen LogP contribution in [0.3, 0.4) is 0 Å². The highest BCUT2D eigenvalue weighted by Crippen LogP contribution is 2.27. The molecule has 0 aromatic carbocycles. The number of nitro groups is 1. The zero-order valence-corrected chi connectivity index (χ0v) is 11.2. The molecule has 1 aliphatic carbocycles.